The molecule has 2 aromatic rings. The van der Waals surface area contributed by atoms with Gasteiger partial charge in [0.05, 0.1) is 19.1 Å². The normalized spacial score (nSPS) is 13.0. The van der Waals surface area contributed by atoms with Crippen LogP contribution in [0, 0.1) is 0 Å². The van der Waals surface area contributed by atoms with Crippen LogP contribution in [0.15, 0.2) is 48.5 Å². The van der Waals surface area contributed by atoms with Gasteiger partial charge in [0.25, 0.3) is 0 Å². The van der Waals surface area contributed by atoms with Crippen LogP contribution in [0.4, 0.5) is 5.69 Å². The highest BCUT2D eigenvalue weighted by molar-refractivity contribution is 7.92. The lowest BCUT2D eigenvalue weighted by Crippen LogP contribution is -2.53. The van der Waals surface area contributed by atoms with Gasteiger partial charge in [-0.25, -0.2) is 8.42 Å². The van der Waals surface area contributed by atoms with E-state index in [1.54, 1.807) is 48.5 Å². The number of benzene rings is 2. The summed E-state index contributed by atoms with van der Waals surface area (Å²) >= 11 is 6.36. The first-order valence-corrected chi connectivity index (χ1v) is 13.7. The average molecular weight is 524 g/mol. The summed E-state index contributed by atoms with van der Waals surface area (Å²) < 4.78 is 31.8. The van der Waals surface area contributed by atoms with E-state index in [-0.39, 0.29) is 24.2 Å². The second-order valence-corrected chi connectivity index (χ2v) is 10.6. The number of halogens is 1. The summed E-state index contributed by atoms with van der Waals surface area (Å²) in [6, 6.07) is 12.7. The maximum atomic E-state index is 13.7. The van der Waals surface area contributed by atoms with Crippen molar-refractivity contribution in [2.24, 2.45) is 0 Å². The van der Waals surface area contributed by atoms with Crippen LogP contribution < -0.4 is 14.4 Å². The van der Waals surface area contributed by atoms with E-state index in [2.05, 4.69) is 5.32 Å². The highest BCUT2D eigenvalue weighted by Crippen LogP contribution is 2.30. The minimum absolute atomic E-state index is 0.0501. The molecule has 192 valence electrons. The number of amides is 2. The molecule has 0 aromatic heterocycles. The molecule has 0 saturated carbocycles. The molecule has 2 atom stereocenters. The van der Waals surface area contributed by atoms with Gasteiger partial charge in [-0.2, -0.15) is 0 Å². The average Bonchev–Trinajstić information content (AvgIpc) is 2.82. The molecule has 35 heavy (non-hydrogen) atoms. The Balaban J connectivity index is 2.49. The zero-order valence-corrected chi connectivity index (χ0v) is 22.4. The summed E-state index contributed by atoms with van der Waals surface area (Å²) in [5, 5.41) is 3.38. The lowest BCUT2D eigenvalue weighted by Gasteiger charge is -2.33. The molecule has 0 aliphatic rings. The number of carbonyl (C=O) groups excluding carboxylic acids is 2. The molecule has 0 aliphatic heterocycles. The molecular weight excluding hydrogens is 490 g/mol. The van der Waals surface area contributed by atoms with Crippen LogP contribution in [0.2, 0.25) is 5.02 Å². The molecule has 0 radical (unpaired) electrons. The fraction of sp³-hybridized carbons (Fsp3) is 0.440. The first kappa shape index (κ1) is 28.5. The first-order valence-electron chi connectivity index (χ1n) is 11.5. The Kier molecular flexibility index (Phi) is 10.4. The zero-order chi connectivity index (χ0) is 26.2. The van der Waals surface area contributed by atoms with E-state index in [0.717, 1.165) is 17.0 Å². The number of rotatable bonds is 12. The molecular formula is C25H34ClN3O5S. The van der Waals surface area contributed by atoms with E-state index in [0.29, 0.717) is 22.8 Å². The third-order valence-electron chi connectivity index (χ3n) is 5.72. The number of hydrogen-bond acceptors (Lipinski definition) is 5. The Hall–Kier alpha value is -2.78. The van der Waals surface area contributed by atoms with Gasteiger partial charge in [-0.15, -0.1) is 0 Å². The molecule has 0 heterocycles. The van der Waals surface area contributed by atoms with Gasteiger partial charge in [0.1, 0.15) is 18.3 Å². The van der Waals surface area contributed by atoms with Gasteiger partial charge in [-0.1, -0.05) is 55.8 Å². The van der Waals surface area contributed by atoms with Crippen molar-refractivity contribution in [2.45, 2.75) is 52.2 Å². The molecule has 1 N–H and O–H groups in total. The molecule has 10 heteroatoms. The number of carbonyl (C=O) groups is 2. The van der Waals surface area contributed by atoms with Crippen LogP contribution in [-0.2, 0) is 26.2 Å². The molecule has 2 rings (SSSR count). The van der Waals surface area contributed by atoms with Gasteiger partial charge < -0.3 is 15.0 Å². The van der Waals surface area contributed by atoms with Crippen LogP contribution in [0.3, 0.4) is 0 Å². The predicted molar refractivity (Wildman–Crippen MR) is 139 cm³/mol. The highest BCUT2D eigenvalue weighted by Gasteiger charge is 2.33. The zero-order valence-electron chi connectivity index (χ0n) is 20.8. The van der Waals surface area contributed by atoms with Gasteiger partial charge in [-0.3, -0.25) is 13.9 Å². The molecule has 0 aliphatic carbocycles. The molecule has 0 spiro atoms. The number of ether oxygens (including phenoxy) is 1. The number of sulfonamides is 1. The lowest BCUT2D eigenvalue weighted by atomic mass is 10.1. The molecule has 0 saturated heterocycles. The second-order valence-electron chi connectivity index (χ2n) is 8.30. The van der Waals surface area contributed by atoms with Crippen molar-refractivity contribution >= 4 is 39.1 Å². The SMILES string of the molecule is CCC(C)NC(=O)C(CC)N(Cc1ccccc1Cl)C(=O)CN(c1ccccc1OC)S(C)(=O)=O. The Morgan fingerprint density at radius 2 is 1.69 bits per heavy atom. The van der Waals surface area contributed by atoms with Gasteiger partial charge in [0.2, 0.25) is 21.8 Å². The monoisotopic (exact) mass is 523 g/mol. The number of hydrogen-bond donors (Lipinski definition) is 1. The van der Waals surface area contributed by atoms with E-state index < -0.39 is 28.5 Å². The largest absolute Gasteiger partial charge is 0.495 e. The van der Waals surface area contributed by atoms with Crippen molar-refractivity contribution < 1.29 is 22.7 Å². The fourth-order valence-corrected chi connectivity index (χ4v) is 4.65. The van der Waals surface area contributed by atoms with E-state index in [1.165, 1.54) is 12.0 Å². The minimum Gasteiger partial charge on any atom is -0.495 e. The van der Waals surface area contributed by atoms with Crippen molar-refractivity contribution in [1.29, 1.82) is 0 Å². The maximum absolute atomic E-state index is 13.7. The number of nitrogens with zero attached hydrogens (tertiary/aromatic N) is 2. The third-order valence-corrected chi connectivity index (χ3v) is 7.21. The lowest BCUT2D eigenvalue weighted by molar-refractivity contribution is -0.140. The fourth-order valence-electron chi connectivity index (χ4n) is 3.60. The van der Waals surface area contributed by atoms with Crippen LogP contribution in [0.1, 0.15) is 39.2 Å². The van der Waals surface area contributed by atoms with Gasteiger partial charge in [0.15, 0.2) is 0 Å². The van der Waals surface area contributed by atoms with Gasteiger partial charge in [-0.05, 0) is 43.5 Å². The van der Waals surface area contributed by atoms with Crippen LogP contribution in [0.25, 0.3) is 0 Å². The Morgan fingerprint density at radius 3 is 2.26 bits per heavy atom. The molecule has 2 aromatic carbocycles. The molecule has 0 fully saturated rings. The number of para-hydroxylation sites is 2. The number of nitrogens with one attached hydrogen (secondary N) is 1. The Labute approximate surface area is 213 Å². The second kappa shape index (κ2) is 12.8. The van der Waals surface area contributed by atoms with E-state index in [9.17, 15) is 18.0 Å². The first-order chi connectivity index (χ1) is 16.5. The van der Waals surface area contributed by atoms with Crippen LogP contribution in [-0.4, -0.2) is 57.1 Å². The Morgan fingerprint density at radius 1 is 1.06 bits per heavy atom. The van der Waals surface area contributed by atoms with Crippen molar-refractivity contribution in [1.82, 2.24) is 10.2 Å². The maximum Gasteiger partial charge on any atom is 0.244 e. The molecule has 8 nitrogen and oxygen atoms in total. The van der Waals surface area contributed by atoms with Gasteiger partial charge in [0, 0.05) is 17.6 Å². The summed E-state index contributed by atoms with van der Waals surface area (Å²) in [5.74, 6) is -0.525. The predicted octanol–water partition coefficient (Wildman–Crippen LogP) is 3.84. The quantitative estimate of drug-likeness (QED) is 0.456. The van der Waals surface area contributed by atoms with E-state index >= 15 is 0 Å². The number of methoxy groups -OCH3 is 1. The van der Waals surface area contributed by atoms with E-state index in [1.807, 2.05) is 20.8 Å². The number of anilines is 1. The van der Waals surface area contributed by atoms with Crippen molar-refractivity contribution in [3.05, 3.63) is 59.1 Å². The van der Waals surface area contributed by atoms with Crippen molar-refractivity contribution in [3.8, 4) is 5.75 Å². The smallest absolute Gasteiger partial charge is 0.244 e. The van der Waals surface area contributed by atoms with Crippen LogP contribution in [0.5, 0.6) is 5.75 Å². The standard InChI is InChI=1S/C25H34ClN3O5S/c1-6-18(3)27-25(31)21(7-2)28(16-19-12-8-9-13-20(19)26)24(30)17-29(35(5,32)33)22-14-10-11-15-23(22)34-4/h8-15,18,21H,6-7,16-17H2,1-5H3,(H,27,31). The summed E-state index contributed by atoms with van der Waals surface area (Å²) in [4.78, 5) is 28.2. The molecule has 2 unspecified atom stereocenters. The van der Waals surface area contributed by atoms with Crippen molar-refractivity contribution in [2.75, 3.05) is 24.2 Å². The van der Waals surface area contributed by atoms with Crippen LogP contribution >= 0.6 is 11.6 Å². The Bertz CT molecular complexity index is 1130. The van der Waals surface area contributed by atoms with E-state index in [4.69, 9.17) is 16.3 Å². The van der Waals surface area contributed by atoms with Gasteiger partial charge >= 0.3 is 0 Å². The minimum atomic E-state index is -3.86. The summed E-state index contributed by atoms with van der Waals surface area (Å²) in [6.07, 6.45) is 2.10. The van der Waals surface area contributed by atoms with Crippen molar-refractivity contribution in [3.63, 3.8) is 0 Å². The topological polar surface area (TPSA) is 96.0 Å². The highest BCUT2D eigenvalue weighted by atomic mass is 35.5. The molecule has 2 amide bonds. The molecule has 0 bridgehead atoms. The summed E-state index contributed by atoms with van der Waals surface area (Å²) in [6.45, 7) is 5.20. The third kappa shape index (κ3) is 7.60. The summed E-state index contributed by atoms with van der Waals surface area (Å²) in [7, 11) is -2.43. The summed E-state index contributed by atoms with van der Waals surface area (Å²) in [5.41, 5.74) is 0.890.